The van der Waals surface area contributed by atoms with Crippen molar-refractivity contribution in [1.29, 1.82) is 5.26 Å². The Kier molecular flexibility index (Phi) is 5.99. The van der Waals surface area contributed by atoms with Crippen molar-refractivity contribution in [3.8, 4) is 6.07 Å². The number of nitriles is 1. The van der Waals surface area contributed by atoms with E-state index in [9.17, 15) is 22.8 Å². The standard InChI is InChI=1S/C26H21F3N4O2/c1-25(2)23(34)33(21-12-11-18(15-30)22(14-21)26(27,28)29)24(35)32(25)16-17-7-6-10-20(13-17)31-19-8-4-3-5-9-19/h3-14,31H,16H2,1-2H3. The number of imide groups is 1. The number of benzene rings is 3. The van der Waals surface area contributed by atoms with E-state index >= 15 is 0 Å². The van der Waals surface area contributed by atoms with Crippen LogP contribution in [-0.2, 0) is 17.5 Å². The summed E-state index contributed by atoms with van der Waals surface area (Å²) < 4.78 is 40.4. The molecule has 1 heterocycles. The second-order valence-electron chi connectivity index (χ2n) is 8.60. The number of para-hydroxylation sites is 1. The van der Waals surface area contributed by atoms with Gasteiger partial charge in [0.25, 0.3) is 5.91 Å². The molecule has 0 unspecified atom stereocenters. The third kappa shape index (κ3) is 4.55. The van der Waals surface area contributed by atoms with Crippen molar-refractivity contribution in [2.45, 2.75) is 32.1 Å². The molecule has 0 aliphatic carbocycles. The molecule has 0 radical (unpaired) electrons. The molecular formula is C26H21F3N4O2. The predicted octanol–water partition coefficient (Wildman–Crippen LogP) is 6.07. The first-order chi connectivity index (χ1) is 16.5. The number of carbonyl (C=O) groups excluding carboxylic acids is 2. The minimum absolute atomic E-state index is 0.0702. The minimum Gasteiger partial charge on any atom is -0.356 e. The Morgan fingerprint density at radius 3 is 2.29 bits per heavy atom. The van der Waals surface area contributed by atoms with Gasteiger partial charge in [0.15, 0.2) is 0 Å². The highest BCUT2D eigenvalue weighted by Crippen LogP contribution is 2.38. The van der Waals surface area contributed by atoms with Crippen molar-refractivity contribution in [1.82, 2.24) is 4.90 Å². The fourth-order valence-corrected chi connectivity index (χ4v) is 3.95. The number of nitrogens with zero attached hydrogens (tertiary/aromatic N) is 3. The summed E-state index contributed by atoms with van der Waals surface area (Å²) >= 11 is 0. The predicted molar refractivity (Wildman–Crippen MR) is 125 cm³/mol. The van der Waals surface area contributed by atoms with Gasteiger partial charge in [0.2, 0.25) is 0 Å². The zero-order valence-corrected chi connectivity index (χ0v) is 18.9. The van der Waals surface area contributed by atoms with Gasteiger partial charge >= 0.3 is 12.2 Å². The average Bonchev–Trinajstić information content (AvgIpc) is 2.98. The van der Waals surface area contributed by atoms with E-state index in [1.54, 1.807) is 19.9 Å². The molecule has 1 aliphatic heterocycles. The maximum absolute atomic E-state index is 13.5. The van der Waals surface area contributed by atoms with Gasteiger partial charge in [-0.05, 0) is 61.9 Å². The lowest BCUT2D eigenvalue weighted by Gasteiger charge is -2.28. The van der Waals surface area contributed by atoms with Crippen molar-refractivity contribution in [2.24, 2.45) is 0 Å². The smallest absolute Gasteiger partial charge is 0.356 e. The summed E-state index contributed by atoms with van der Waals surface area (Å²) in [5, 5.41) is 12.3. The normalized spacial score (nSPS) is 15.3. The Morgan fingerprint density at radius 1 is 0.943 bits per heavy atom. The van der Waals surface area contributed by atoms with Crippen LogP contribution in [0.4, 0.5) is 35.0 Å². The van der Waals surface area contributed by atoms with E-state index in [1.165, 1.54) is 17.0 Å². The molecular weight excluding hydrogens is 457 g/mol. The second kappa shape index (κ2) is 8.80. The van der Waals surface area contributed by atoms with E-state index < -0.39 is 34.8 Å². The molecule has 1 aliphatic rings. The van der Waals surface area contributed by atoms with E-state index in [1.807, 2.05) is 48.5 Å². The maximum atomic E-state index is 13.5. The Hall–Kier alpha value is -4.32. The molecule has 3 amide bonds. The molecule has 35 heavy (non-hydrogen) atoms. The molecule has 9 heteroatoms. The van der Waals surface area contributed by atoms with E-state index in [0.717, 1.165) is 27.9 Å². The van der Waals surface area contributed by atoms with Gasteiger partial charge < -0.3 is 10.2 Å². The molecule has 3 aromatic rings. The summed E-state index contributed by atoms with van der Waals surface area (Å²) in [6.07, 6.45) is -4.81. The summed E-state index contributed by atoms with van der Waals surface area (Å²) in [7, 11) is 0. The highest BCUT2D eigenvalue weighted by atomic mass is 19.4. The van der Waals surface area contributed by atoms with Gasteiger partial charge in [0, 0.05) is 17.9 Å². The molecule has 1 saturated heterocycles. The second-order valence-corrected chi connectivity index (χ2v) is 8.60. The fourth-order valence-electron chi connectivity index (χ4n) is 3.95. The van der Waals surface area contributed by atoms with Crippen molar-refractivity contribution < 1.29 is 22.8 Å². The summed E-state index contributed by atoms with van der Waals surface area (Å²) in [4.78, 5) is 28.5. The molecule has 178 valence electrons. The van der Waals surface area contributed by atoms with E-state index in [2.05, 4.69) is 5.32 Å². The largest absolute Gasteiger partial charge is 0.417 e. The van der Waals surface area contributed by atoms with Gasteiger partial charge in [0.1, 0.15) is 5.54 Å². The lowest BCUT2D eigenvalue weighted by Crippen LogP contribution is -2.43. The number of nitrogens with one attached hydrogen (secondary N) is 1. The Balaban J connectivity index is 1.63. The monoisotopic (exact) mass is 478 g/mol. The quantitative estimate of drug-likeness (QED) is 0.452. The first-order valence-electron chi connectivity index (χ1n) is 10.7. The molecule has 0 saturated carbocycles. The van der Waals surface area contributed by atoms with Crippen LogP contribution in [-0.4, -0.2) is 22.4 Å². The van der Waals surface area contributed by atoms with Crippen molar-refractivity contribution >= 4 is 29.0 Å². The number of rotatable bonds is 5. The highest BCUT2D eigenvalue weighted by Gasteiger charge is 2.52. The van der Waals surface area contributed by atoms with Crippen LogP contribution in [0.2, 0.25) is 0 Å². The molecule has 1 N–H and O–H groups in total. The van der Waals surface area contributed by atoms with Gasteiger partial charge in [-0.1, -0.05) is 30.3 Å². The van der Waals surface area contributed by atoms with Crippen LogP contribution in [0.3, 0.4) is 0 Å². The first kappa shape index (κ1) is 23.8. The van der Waals surface area contributed by atoms with Gasteiger partial charge in [-0.2, -0.15) is 18.4 Å². The van der Waals surface area contributed by atoms with Crippen molar-refractivity contribution in [3.05, 3.63) is 89.5 Å². The fraction of sp³-hybridized carbons (Fsp3) is 0.192. The number of carbonyl (C=O) groups is 2. The van der Waals surface area contributed by atoms with Crippen LogP contribution in [0.1, 0.15) is 30.5 Å². The molecule has 4 rings (SSSR count). The summed E-state index contributed by atoms with van der Waals surface area (Å²) in [6.45, 7) is 3.17. The highest BCUT2D eigenvalue weighted by molar-refractivity contribution is 6.23. The number of halogens is 3. The van der Waals surface area contributed by atoms with Gasteiger partial charge in [0.05, 0.1) is 22.9 Å². The lowest BCUT2D eigenvalue weighted by atomic mass is 10.0. The van der Waals surface area contributed by atoms with Crippen LogP contribution < -0.4 is 10.2 Å². The molecule has 0 spiro atoms. The molecule has 0 atom stereocenters. The lowest BCUT2D eigenvalue weighted by molar-refractivity contribution is -0.137. The molecule has 6 nitrogen and oxygen atoms in total. The zero-order valence-electron chi connectivity index (χ0n) is 18.9. The Labute approximate surface area is 200 Å². The van der Waals surface area contributed by atoms with Crippen LogP contribution in [0.25, 0.3) is 0 Å². The van der Waals surface area contributed by atoms with Crippen LogP contribution in [0, 0.1) is 11.3 Å². The summed E-state index contributed by atoms with van der Waals surface area (Å²) in [5.74, 6) is -0.654. The minimum atomic E-state index is -4.81. The SMILES string of the molecule is CC1(C)C(=O)N(c2ccc(C#N)c(C(F)(F)F)c2)C(=O)N1Cc1cccc(Nc2ccccc2)c1. The number of anilines is 3. The Bertz CT molecular complexity index is 1330. The van der Waals surface area contributed by atoms with Crippen molar-refractivity contribution in [2.75, 3.05) is 10.2 Å². The van der Waals surface area contributed by atoms with Crippen LogP contribution in [0.5, 0.6) is 0 Å². The third-order valence-corrected chi connectivity index (χ3v) is 5.84. The Morgan fingerprint density at radius 2 is 1.63 bits per heavy atom. The molecule has 1 fully saturated rings. The van der Waals surface area contributed by atoms with Gasteiger partial charge in [-0.15, -0.1) is 0 Å². The number of urea groups is 1. The van der Waals surface area contributed by atoms with Crippen LogP contribution >= 0.6 is 0 Å². The molecule has 3 aromatic carbocycles. The van der Waals surface area contributed by atoms with E-state index in [4.69, 9.17) is 5.26 Å². The zero-order chi connectivity index (χ0) is 25.4. The number of hydrogen-bond acceptors (Lipinski definition) is 4. The number of amides is 3. The number of hydrogen-bond donors (Lipinski definition) is 1. The van der Waals surface area contributed by atoms with E-state index in [-0.39, 0.29) is 12.2 Å². The summed E-state index contributed by atoms with van der Waals surface area (Å²) in [5.41, 5.74) is -0.924. The topological polar surface area (TPSA) is 76.4 Å². The van der Waals surface area contributed by atoms with E-state index in [0.29, 0.717) is 6.07 Å². The molecule has 0 aromatic heterocycles. The first-order valence-corrected chi connectivity index (χ1v) is 10.7. The average molecular weight is 478 g/mol. The maximum Gasteiger partial charge on any atom is 0.417 e. The molecule has 0 bridgehead atoms. The third-order valence-electron chi connectivity index (χ3n) is 5.84. The summed E-state index contributed by atoms with van der Waals surface area (Å²) in [6, 6.07) is 20.4. The van der Waals surface area contributed by atoms with Crippen LogP contribution in [0.15, 0.2) is 72.8 Å². The number of alkyl halides is 3. The van der Waals surface area contributed by atoms with Gasteiger partial charge in [-0.25, -0.2) is 9.69 Å². The van der Waals surface area contributed by atoms with Gasteiger partial charge in [-0.3, -0.25) is 4.79 Å². The van der Waals surface area contributed by atoms with Crippen molar-refractivity contribution in [3.63, 3.8) is 0 Å².